The Bertz CT molecular complexity index is 1590. The minimum atomic E-state index is -5.61. The van der Waals surface area contributed by atoms with E-state index >= 15 is 0 Å². The molecule has 0 aromatic rings. The third-order valence-corrected chi connectivity index (χ3v) is 12.6. The standard InChI is InChI=1S/C45H81O19P3/c1-3-5-7-9-11-13-15-17-19-21-23-25-27-29-31-33-38(46)59-35-37(61-39(47)34-32-30-28-26-24-22-20-18-16-14-12-10-8-6-4-2)36-60-67(57,58)64-43-40(48)41(49)44(62-65(51,52)53)45(42(43)50)63-66(54,55)56/h11,13,17-20,23,25,37,40-45,48-50H,3-10,12,14-16,21-22,24,26-36H2,1-2H3,(H,57,58)(H2,51,52,53)(H2,54,55,56). The van der Waals surface area contributed by atoms with Gasteiger partial charge in [-0.05, 0) is 77.0 Å². The van der Waals surface area contributed by atoms with Crippen molar-refractivity contribution < 1.29 is 90.6 Å². The van der Waals surface area contributed by atoms with Crippen LogP contribution in [0.2, 0.25) is 0 Å². The highest BCUT2D eigenvalue weighted by Crippen LogP contribution is 2.51. The molecule has 19 nitrogen and oxygen atoms in total. The van der Waals surface area contributed by atoms with Gasteiger partial charge in [0, 0.05) is 12.8 Å². The number of allylic oxidation sites excluding steroid dienone is 8. The number of unbranched alkanes of at least 4 members (excludes halogenated alkanes) is 16. The average Bonchev–Trinajstić information content (AvgIpc) is 3.25. The molecule has 0 aliphatic heterocycles. The molecule has 22 heteroatoms. The van der Waals surface area contributed by atoms with Gasteiger partial charge in [-0.15, -0.1) is 0 Å². The lowest BCUT2D eigenvalue weighted by Crippen LogP contribution is -2.65. The summed E-state index contributed by atoms with van der Waals surface area (Å²) >= 11 is 0. The van der Waals surface area contributed by atoms with Crippen LogP contribution in [0.4, 0.5) is 0 Å². The zero-order chi connectivity index (χ0) is 50.0. The Hall–Kier alpha value is -1.89. The number of phosphoric ester groups is 3. The zero-order valence-electron chi connectivity index (χ0n) is 39.5. The summed E-state index contributed by atoms with van der Waals surface area (Å²) in [5.41, 5.74) is 0. The minimum Gasteiger partial charge on any atom is -0.462 e. The van der Waals surface area contributed by atoms with E-state index in [1.165, 1.54) is 57.8 Å². The van der Waals surface area contributed by atoms with Gasteiger partial charge < -0.3 is 49.3 Å². The highest BCUT2D eigenvalue weighted by Gasteiger charge is 2.56. The van der Waals surface area contributed by atoms with Gasteiger partial charge in [-0.25, -0.2) is 13.7 Å². The lowest BCUT2D eigenvalue weighted by Gasteiger charge is -2.44. The highest BCUT2D eigenvalue weighted by molar-refractivity contribution is 7.47. The molecule has 0 bridgehead atoms. The van der Waals surface area contributed by atoms with Crippen molar-refractivity contribution in [3.05, 3.63) is 48.6 Å². The quantitative estimate of drug-likeness (QED) is 0.0123. The van der Waals surface area contributed by atoms with Gasteiger partial charge >= 0.3 is 35.4 Å². The SMILES string of the molecule is CCCCCC=CCC=CCC=CCCCCC(=O)OCC(COP(=O)(O)OC1C(O)C(O)C(OP(=O)(O)O)C(OP(=O)(O)O)C1O)OC(=O)CCCCCCCC=CCCCCCCCC. The van der Waals surface area contributed by atoms with Gasteiger partial charge in [-0.3, -0.25) is 27.7 Å². The Morgan fingerprint density at radius 2 is 0.866 bits per heavy atom. The summed E-state index contributed by atoms with van der Waals surface area (Å²) in [6.07, 6.45) is 22.8. The monoisotopic (exact) mass is 1020 g/mol. The average molecular weight is 1020 g/mol. The summed E-state index contributed by atoms with van der Waals surface area (Å²) in [6, 6.07) is 0. The molecule has 8 atom stereocenters. The molecule has 1 aliphatic carbocycles. The number of hydrogen-bond donors (Lipinski definition) is 8. The molecule has 390 valence electrons. The molecular formula is C45H81O19P3. The zero-order valence-corrected chi connectivity index (χ0v) is 42.1. The van der Waals surface area contributed by atoms with E-state index in [0.29, 0.717) is 19.3 Å². The highest BCUT2D eigenvalue weighted by atomic mass is 31.2. The number of ether oxygens (including phenoxy) is 2. The number of phosphoric acid groups is 3. The van der Waals surface area contributed by atoms with Crippen LogP contribution in [0, 0.1) is 0 Å². The van der Waals surface area contributed by atoms with Crippen molar-refractivity contribution in [2.75, 3.05) is 13.2 Å². The van der Waals surface area contributed by atoms with Gasteiger partial charge in [-0.2, -0.15) is 0 Å². The van der Waals surface area contributed by atoms with Gasteiger partial charge in [-0.1, -0.05) is 127 Å². The molecule has 0 amide bonds. The van der Waals surface area contributed by atoms with Crippen LogP contribution in [0.15, 0.2) is 48.6 Å². The molecule has 1 rings (SSSR count). The van der Waals surface area contributed by atoms with Gasteiger partial charge in [0.25, 0.3) is 0 Å². The largest absolute Gasteiger partial charge is 0.472 e. The van der Waals surface area contributed by atoms with Crippen LogP contribution in [-0.4, -0.2) is 108 Å². The van der Waals surface area contributed by atoms with Crippen LogP contribution in [0.25, 0.3) is 0 Å². The number of carbonyl (C=O) groups excluding carboxylic acids is 2. The van der Waals surface area contributed by atoms with Crippen molar-refractivity contribution >= 4 is 35.4 Å². The first-order valence-corrected chi connectivity index (χ1v) is 28.5. The molecule has 0 saturated heterocycles. The molecule has 1 fully saturated rings. The van der Waals surface area contributed by atoms with Crippen LogP contribution in [0.5, 0.6) is 0 Å². The van der Waals surface area contributed by atoms with E-state index in [9.17, 15) is 63.1 Å². The Balaban J connectivity index is 2.77. The second-order valence-corrected chi connectivity index (χ2v) is 20.5. The van der Waals surface area contributed by atoms with E-state index in [1.807, 2.05) is 12.2 Å². The fourth-order valence-corrected chi connectivity index (χ4v) is 9.09. The van der Waals surface area contributed by atoms with E-state index in [2.05, 4.69) is 59.4 Å². The first-order chi connectivity index (χ1) is 31.8. The molecule has 8 N–H and O–H groups in total. The van der Waals surface area contributed by atoms with Gasteiger partial charge in [0.05, 0.1) is 6.61 Å². The molecular weight excluding hydrogens is 937 g/mol. The van der Waals surface area contributed by atoms with Gasteiger partial charge in [0.2, 0.25) is 0 Å². The van der Waals surface area contributed by atoms with Crippen LogP contribution in [-0.2, 0) is 50.9 Å². The normalized spacial score (nSPS) is 22.0. The lowest BCUT2D eigenvalue weighted by atomic mass is 9.85. The lowest BCUT2D eigenvalue weighted by molar-refractivity contribution is -0.213. The van der Waals surface area contributed by atoms with E-state index in [4.69, 9.17) is 18.5 Å². The predicted molar refractivity (Wildman–Crippen MR) is 252 cm³/mol. The second-order valence-electron chi connectivity index (χ2n) is 16.7. The number of hydrogen-bond acceptors (Lipinski definition) is 14. The number of carbonyl (C=O) groups is 2. The van der Waals surface area contributed by atoms with Crippen molar-refractivity contribution in [3.8, 4) is 0 Å². The Labute approximate surface area is 397 Å². The predicted octanol–water partition coefficient (Wildman–Crippen LogP) is 8.62. The van der Waals surface area contributed by atoms with Crippen LogP contribution in [0.3, 0.4) is 0 Å². The first kappa shape index (κ1) is 63.1. The molecule has 0 aromatic carbocycles. The van der Waals surface area contributed by atoms with Crippen molar-refractivity contribution in [1.29, 1.82) is 0 Å². The maximum absolute atomic E-state index is 13.1. The van der Waals surface area contributed by atoms with Crippen LogP contribution in [0.1, 0.15) is 168 Å². The fraction of sp³-hybridized carbons (Fsp3) is 0.778. The van der Waals surface area contributed by atoms with Crippen molar-refractivity contribution in [1.82, 2.24) is 0 Å². The summed E-state index contributed by atoms with van der Waals surface area (Å²) < 4.78 is 65.4. The fourth-order valence-electron chi connectivity index (χ4n) is 6.99. The first-order valence-electron chi connectivity index (χ1n) is 23.9. The number of esters is 2. The summed E-state index contributed by atoms with van der Waals surface area (Å²) in [5.74, 6) is -1.35. The topological polar surface area (TPSA) is 303 Å². The molecule has 0 spiro atoms. The van der Waals surface area contributed by atoms with Crippen molar-refractivity contribution in [2.45, 2.75) is 211 Å². The maximum Gasteiger partial charge on any atom is 0.472 e. The summed E-state index contributed by atoms with van der Waals surface area (Å²) in [7, 11) is -16.6. The number of aliphatic hydroxyl groups excluding tert-OH is 3. The molecule has 67 heavy (non-hydrogen) atoms. The molecule has 0 heterocycles. The van der Waals surface area contributed by atoms with Gasteiger partial charge in [0.15, 0.2) is 6.10 Å². The Morgan fingerprint density at radius 1 is 0.478 bits per heavy atom. The third kappa shape index (κ3) is 33.4. The van der Waals surface area contributed by atoms with Crippen molar-refractivity contribution in [3.63, 3.8) is 0 Å². The molecule has 1 saturated carbocycles. The minimum absolute atomic E-state index is 0.0213. The van der Waals surface area contributed by atoms with Crippen LogP contribution >= 0.6 is 23.5 Å². The number of aliphatic hydroxyl groups is 3. The smallest absolute Gasteiger partial charge is 0.462 e. The summed E-state index contributed by atoms with van der Waals surface area (Å²) in [6.45, 7) is 2.86. The summed E-state index contributed by atoms with van der Waals surface area (Å²) in [4.78, 5) is 73.2. The van der Waals surface area contributed by atoms with Crippen molar-refractivity contribution in [2.24, 2.45) is 0 Å². The Kier molecular flexibility index (Phi) is 34.8. The molecule has 1 aliphatic rings. The molecule has 0 radical (unpaired) electrons. The van der Waals surface area contributed by atoms with Gasteiger partial charge in [0.1, 0.15) is 43.2 Å². The molecule has 0 aromatic heterocycles. The third-order valence-electron chi connectivity index (χ3n) is 10.6. The Morgan fingerprint density at radius 3 is 1.40 bits per heavy atom. The van der Waals surface area contributed by atoms with E-state index in [0.717, 1.165) is 64.2 Å². The number of rotatable bonds is 40. The van der Waals surface area contributed by atoms with E-state index in [1.54, 1.807) is 0 Å². The summed E-state index contributed by atoms with van der Waals surface area (Å²) in [5, 5.41) is 31.9. The van der Waals surface area contributed by atoms with Crippen LogP contribution < -0.4 is 0 Å². The second kappa shape index (κ2) is 37.0. The van der Waals surface area contributed by atoms with E-state index < -0.39 is 91.3 Å². The molecule has 8 unspecified atom stereocenters. The maximum atomic E-state index is 13.1. The van der Waals surface area contributed by atoms with E-state index in [-0.39, 0.29) is 12.8 Å².